The Morgan fingerprint density at radius 2 is 1.83 bits per heavy atom. The molecule has 0 aliphatic carbocycles. The largest absolute Gasteiger partial charge is 0.482 e. The Hall–Kier alpha value is -2.28. The number of benzene rings is 1. The van der Waals surface area contributed by atoms with Gasteiger partial charge in [-0.15, -0.1) is 0 Å². The number of hydrogen-bond acceptors (Lipinski definition) is 5. The van der Waals surface area contributed by atoms with Crippen molar-refractivity contribution in [2.24, 2.45) is 0 Å². The molecule has 7 nitrogen and oxygen atoms in total. The molecule has 0 saturated carbocycles. The van der Waals surface area contributed by atoms with Crippen molar-refractivity contribution in [2.75, 3.05) is 13.2 Å². The van der Waals surface area contributed by atoms with Crippen LogP contribution in [0.5, 0.6) is 5.75 Å². The fourth-order valence-corrected chi connectivity index (χ4v) is 1.69. The molecule has 0 aliphatic rings. The number of esters is 1. The summed E-state index contributed by atoms with van der Waals surface area (Å²) < 4.78 is 9.97. The van der Waals surface area contributed by atoms with E-state index in [2.05, 4.69) is 10.6 Å². The van der Waals surface area contributed by atoms with Gasteiger partial charge in [0.25, 0.3) is 5.91 Å². The van der Waals surface area contributed by atoms with Crippen LogP contribution in [0.1, 0.15) is 26.3 Å². The molecule has 0 fully saturated rings. The Labute approximate surface area is 145 Å². The van der Waals surface area contributed by atoms with Crippen molar-refractivity contribution in [3.8, 4) is 5.75 Å². The smallest absolute Gasteiger partial charge is 0.344 e. The van der Waals surface area contributed by atoms with E-state index in [0.29, 0.717) is 10.8 Å². The van der Waals surface area contributed by atoms with Gasteiger partial charge in [0.15, 0.2) is 13.2 Å². The van der Waals surface area contributed by atoms with Gasteiger partial charge in [-0.05, 0) is 51.5 Å². The Balaban J connectivity index is 2.31. The summed E-state index contributed by atoms with van der Waals surface area (Å²) >= 11 is 5.89. The quantitative estimate of drug-likeness (QED) is 0.789. The Kier molecular flexibility index (Phi) is 7.03. The van der Waals surface area contributed by atoms with E-state index in [0.717, 1.165) is 5.56 Å². The van der Waals surface area contributed by atoms with E-state index in [4.69, 9.17) is 21.1 Å². The van der Waals surface area contributed by atoms with Crippen molar-refractivity contribution in [2.45, 2.75) is 33.2 Å². The van der Waals surface area contributed by atoms with Crippen molar-refractivity contribution < 1.29 is 23.9 Å². The van der Waals surface area contributed by atoms with E-state index in [1.165, 1.54) is 0 Å². The van der Waals surface area contributed by atoms with Crippen molar-refractivity contribution in [1.82, 2.24) is 10.6 Å². The maximum atomic E-state index is 11.5. The number of rotatable bonds is 5. The molecule has 0 saturated heterocycles. The lowest BCUT2D eigenvalue weighted by molar-refractivity contribution is -0.150. The summed E-state index contributed by atoms with van der Waals surface area (Å²) in [5.74, 6) is -0.996. The zero-order chi connectivity index (χ0) is 18.3. The van der Waals surface area contributed by atoms with Crippen LogP contribution < -0.4 is 15.4 Å². The minimum absolute atomic E-state index is 0.359. The van der Waals surface area contributed by atoms with Crippen LogP contribution in [0.3, 0.4) is 0 Å². The summed E-state index contributed by atoms with van der Waals surface area (Å²) in [6.45, 7) is 6.19. The third-order valence-electron chi connectivity index (χ3n) is 2.59. The van der Waals surface area contributed by atoms with Crippen LogP contribution in [-0.2, 0) is 14.3 Å². The van der Waals surface area contributed by atoms with E-state index in [1.54, 1.807) is 45.9 Å². The first-order chi connectivity index (χ1) is 11.1. The summed E-state index contributed by atoms with van der Waals surface area (Å²) in [5.41, 5.74) is 0.331. The van der Waals surface area contributed by atoms with Gasteiger partial charge in [0.05, 0.1) is 0 Å². The molecule has 1 rings (SSSR count). The van der Waals surface area contributed by atoms with Crippen molar-refractivity contribution in [3.63, 3.8) is 0 Å². The standard InChI is InChI=1S/C16H21ClN2O5/c1-10-7-11(5-6-12(10)17)23-9-14(21)24-8-13(20)18-15(22)19-16(2,3)4/h5-7H,8-9H2,1-4H3,(H2,18,19,20,22). The molecule has 132 valence electrons. The first-order valence-corrected chi connectivity index (χ1v) is 7.61. The second kappa shape index (κ2) is 8.54. The Bertz CT molecular complexity index is 625. The molecule has 2 N–H and O–H groups in total. The van der Waals surface area contributed by atoms with Gasteiger partial charge in [-0.1, -0.05) is 11.6 Å². The number of aryl methyl sites for hydroxylation is 1. The summed E-state index contributed by atoms with van der Waals surface area (Å²) in [4.78, 5) is 34.5. The first-order valence-electron chi connectivity index (χ1n) is 7.23. The van der Waals surface area contributed by atoms with Crippen molar-refractivity contribution in [3.05, 3.63) is 28.8 Å². The Morgan fingerprint density at radius 3 is 2.42 bits per heavy atom. The topological polar surface area (TPSA) is 93.7 Å². The van der Waals surface area contributed by atoms with Gasteiger partial charge in [-0.25, -0.2) is 9.59 Å². The summed E-state index contributed by atoms with van der Waals surface area (Å²) in [5, 5.41) is 5.20. The van der Waals surface area contributed by atoms with E-state index in [-0.39, 0.29) is 6.61 Å². The van der Waals surface area contributed by atoms with Crippen molar-refractivity contribution in [1.29, 1.82) is 0 Å². The summed E-state index contributed by atoms with van der Waals surface area (Å²) in [7, 11) is 0. The van der Waals surface area contributed by atoms with Crippen LogP contribution >= 0.6 is 11.6 Å². The zero-order valence-electron chi connectivity index (χ0n) is 14.1. The molecule has 0 radical (unpaired) electrons. The normalized spacial score (nSPS) is 10.7. The van der Waals surface area contributed by atoms with Gasteiger partial charge in [0, 0.05) is 10.6 Å². The maximum absolute atomic E-state index is 11.5. The van der Waals surface area contributed by atoms with Crippen LogP contribution in [-0.4, -0.2) is 36.7 Å². The zero-order valence-corrected chi connectivity index (χ0v) is 14.8. The second-order valence-electron chi connectivity index (χ2n) is 6.11. The molecule has 0 unspecified atom stereocenters. The SMILES string of the molecule is Cc1cc(OCC(=O)OCC(=O)NC(=O)NC(C)(C)C)ccc1Cl. The highest BCUT2D eigenvalue weighted by Crippen LogP contribution is 2.20. The van der Waals surface area contributed by atoms with Crippen LogP contribution in [0.15, 0.2) is 18.2 Å². The number of halogens is 1. The molecule has 0 aromatic heterocycles. The fraction of sp³-hybridized carbons (Fsp3) is 0.438. The number of carbonyl (C=O) groups excluding carboxylic acids is 3. The lowest BCUT2D eigenvalue weighted by Crippen LogP contribution is -2.49. The van der Waals surface area contributed by atoms with E-state index in [1.807, 2.05) is 0 Å². The molecule has 0 atom stereocenters. The highest BCUT2D eigenvalue weighted by atomic mass is 35.5. The average molecular weight is 357 g/mol. The minimum atomic E-state index is -0.729. The van der Waals surface area contributed by atoms with Crippen LogP contribution in [0.25, 0.3) is 0 Å². The fourth-order valence-electron chi connectivity index (χ4n) is 1.57. The van der Waals surface area contributed by atoms with Gasteiger partial charge in [-0.2, -0.15) is 0 Å². The third-order valence-corrected chi connectivity index (χ3v) is 3.02. The summed E-state index contributed by atoms with van der Waals surface area (Å²) in [6, 6.07) is 4.29. The lowest BCUT2D eigenvalue weighted by atomic mass is 10.1. The highest BCUT2D eigenvalue weighted by Gasteiger charge is 2.16. The van der Waals surface area contributed by atoms with E-state index < -0.39 is 30.1 Å². The third kappa shape index (κ3) is 7.82. The van der Waals surface area contributed by atoms with Crippen LogP contribution in [0, 0.1) is 6.92 Å². The van der Waals surface area contributed by atoms with Gasteiger partial charge < -0.3 is 14.8 Å². The molecule has 8 heteroatoms. The lowest BCUT2D eigenvalue weighted by Gasteiger charge is -2.20. The highest BCUT2D eigenvalue weighted by molar-refractivity contribution is 6.31. The predicted molar refractivity (Wildman–Crippen MR) is 89.1 cm³/mol. The van der Waals surface area contributed by atoms with Gasteiger partial charge in [0.1, 0.15) is 5.75 Å². The number of amides is 3. The van der Waals surface area contributed by atoms with Crippen LogP contribution in [0.4, 0.5) is 4.79 Å². The predicted octanol–water partition coefficient (Wildman–Crippen LogP) is 2.19. The molecule has 1 aromatic rings. The number of urea groups is 1. The van der Waals surface area contributed by atoms with Crippen molar-refractivity contribution >= 4 is 29.5 Å². The number of imide groups is 1. The van der Waals surface area contributed by atoms with Gasteiger partial charge in [0.2, 0.25) is 0 Å². The molecule has 24 heavy (non-hydrogen) atoms. The molecular formula is C16H21ClN2O5. The maximum Gasteiger partial charge on any atom is 0.344 e. The van der Waals surface area contributed by atoms with E-state index >= 15 is 0 Å². The first kappa shape index (κ1) is 19.8. The Morgan fingerprint density at radius 1 is 1.17 bits per heavy atom. The molecule has 1 aromatic carbocycles. The molecule has 0 spiro atoms. The van der Waals surface area contributed by atoms with Gasteiger partial charge >= 0.3 is 12.0 Å². The van der Waals surface area contributed by atoms with E-state index in [9.17, 15) is 14.4 Å². The van der Waals surface area contributed by atoms with Gasteiger partial charge in [-0.3, -0.25) is 10.1 Å². The number of hydrogen-bond donors (Lipinski definition) is 2. The molecule has 0 bridgehead atoms. The average Bonchev–Trinajstić information content (AvgIpc) is 2.44. The second-order valence-corrected chi connectivity index (χ2v) is 6.52. The molecular weight excluding hydrogens is 336 g/mol. The summed E-state index contributed by atoms with van der Waals surface area (Å²) in [6.07, 6.45) is 0. The number of nitrogens with one attached hydrogen (secondary N) is 2. The number of carbonyl (C=O) groups is 3. The number of ether oxygens (including phenoxy) is 2. The van der Waals surface area contributed by atoms with Crippen LogP contribution in [0.2, 0.25) is 5.02 Å². The molecule has 3 amide bonds. The molecule has 0 heterocycles. The monoisotopic (exact) mass is 356 g/mol. The minimum Gasteiger partial charge on any atom is -0.482 e. The molecule has 0 aliphatic heterocycles.